The third kappa shape index (κ3) is 4.86. The highest BCUT2D eigenvalue weighted by atomic mass is 32.2. The highest BCUT2D eigenvalue weighted by molar-refractivity contribution is 7.92. The molecule has 0 aliphatic rings. The van der Waals surface area contributed by atoms with Crippen LogP contribution >= 0.6 is 0 Å². The van der Waals surface area contributed by atoms with Crippen LogP contribution < -0.4 is 9.62 Å². The van der Waals surface area contributed by atoms with Crippen LogP contribution in [0.4, 0.5) is 5.69 Å². The molecule has 2 aromatic rings. The first-order valence-electron chi connectivity index (χ1n) is 7.61. The topological polar surface area (TPSA) is 79.6 Å². The van der Waals surface area contributed by atoms with E-state index < -0.39 is 10.0 Å². The largest absolute Gasteiger partial charge is 0.467 e. The van der Waals surface area contributed by atoms with Crippen molar-refractivity contribution in [3.8, 4) is 0 Å². The van der Waals surface area contributed by atoms with Crippen LogP contribution in [-0.4, -0.2) is 27.1 Å². The summed E-state index contributed by atoms with van der Waals surface area (Å²) in [5.74, 6) is 0.420. The van der Waals surface area contributed by atoms with Gasteiger partial charge in [0.1, 0.15) is 5.76 Å². The van der Waals surface area contributed by atoms with Crippen LogP contribution in [0, 0.1) is 13.8 Å². The number of hydrogen-bond donors (Lipinski definition) is 1. The van der Waals surface area contributed by atoms with Crippen LogP contribution in [0.2, 0.25) is 0 Å². The lowest BCUT2D eigenvalue weighted by Gasteiger charge is -2.24. The number of amides is 1. The fraction of sp³-hybridized carbons (Fsp3) is 0.353. The van der Waals surface area contributed by atoms with Gasteiger partial charge in [-0.2, -0.15) is 0 Å². The standard InChI is InChI=1S/C17H22N2O4S/c1-13-6-7-14(2)16(11-13)19(24(3,21)22)9-8-17(20)18-12-15-5-4-10-23-15/h4-7,10-11H,8-9,12H2,1-3H3,(H,18,20). The normalized spacial score (nSPS) is 11.3. The van der Waals surface area contributed by atoms with Gasteiger partial charge >= 0.3 is 0 Å². The molecular weight excluding hydrogens is 328 g/mol. The average molecular weight is 350 g/mol. The number of nitrogens with one attached hydrogen (secondary N) is 1. The molecule has 0 saturated carbocycles. The number of carbonyl (C=O) groups excluding carboxylic acids is 1. The summed E-state index contributed by atoms with van der Waals surface area (Å²) >= 11 is 0. The predicted octanol–water partition coefficient (Wildman–Crippen LogP) is 2.37. The van der Waals surface area contributed by atoms with Gasteiger partial charge in [-0.25, -0.2) is 8.42 Å². The summed E-state index contributed by atoms with van der Waals surface area (Å²) in [7, 11) is -3.48. The Morgan fingerprint density at radius 2 is 2.00 bits per heavy atom. The zero-order valence-corrected chi connectivity index (χ0v) is 14.9. The predicted molar refractivity (Wildman–Crippen MR) is 93.3 cm³/mol. The SMILES string of the molecule is Cc1ccc(C)c(N(CCC(=O)NCc2ccco2)S(C)(=O)=O)c1. The average Bonchev–Trinajstić information content (AvgIpc) is 3.01. The monoisotopic (exact) mass is 350 g/mol. The van der Waals surface area contributed by atoms with Crippen LogP contribution in [0.3, 0.4) is 0 Å². The second-order valence-corrected chi connectivity index (χ2v) is 7.64. The summed E-state index contributed by atoms with van der Waals surface area (Å²) in [5.41, 5.74) is 2.42. The summed E-state index contributed by atoms with van der Waals surface area (Å²) in [4.78, 5) is 12.0. The van der Waals surface area contributed by atoms with E-state index in [0.717, 1.165) is 17.4 Å². The van der Waals surface area contributed by atoms with E-state index in [9.17, 15) is 13.2 Å². The molecule has 1 N–H and O–H groups in total. The third-order valence-corrected chi connectivity index (χ3v) is 4.80. The van der Waals surface area contributed by atoms with E-state index >= 15 is 0 Å². The first kappa shape index (κ1) is 18.1. The lowest BCUT2D eigenvalue weighted by atomic mass is 10.1. The molecule has 2 rings (SSSR count). The molecule has 6 nitrogen and oxygen atoms in total. The molecule has 0 atom stereocenters. The molecule has 1 aromatic carbocycles. The zero-order valence-electron chi connectivity index (χ0n) is 14.1. The smallest absolute Gasteiger partial charge is 0.232 e. The van der Waals surface area contributed by atoms with Gasteiger partial charge in [-0.1, -0.05) is 12.1 Å². The van der Waals surface area contributed by atoms with Crippen molar-refractivity contribution in [2.45, 2.75) is 26.8 Å². The summed E-state index contributed by atoms with van der Waals surface area (Å²) in [6, 6.07) is 9.12. The van der Waals surface area contributed by atoms with Crippen molar-refractivity contribution in [1.82, 2.24) is 5.32 Å². The number of anilines is 1. The van der Waals surface area contributed by atoms with E-state index in [4.69, 9.17) is 4.42 Å². The number of sulfonamides is 1. The summed E-state index contributed by atoms with van der Waals surface area (Å²) < 4.78 is 30.7. The molecule has 130 valence electrons. The van der Waals surface area contributed by atoms with Crippen molar-refractivity contribution < 1.29 is 17.6 Å². The number of carbonyl (C=O) groups is 1. The molecule has 1 amide bonds. The van der Waals surface area contributed by atoms with Crippen molar-refractivity contribution >= 4 is 21.6 Å². The van der Waals surface area contributed by atoms with Crippen LogP contribution in [0.15, 0.2) is 41.0 Å². The van der Waals surface area contributed by atoms with Gasteiger partial charge in [-0.3, -0.25) is 9.10 Å². The maximum absolute atomic E-state index is 12.1. The third-order valence-electron chi connectivity index (χ3n) is 3.62. The lowest BCUT2D eigenvalue weighted by Crippen LogP contribution is -2.35. The number of furan rings is 1. The van der Waals surface area contributed by atoms with Crippen LogP contribution in [-0.2, 0) is 21.4 Å². The lowest BCUT2D eigenvalue weighted by molar-refractivity contribution is -0.121. The fourth-order valence-corrected chi connectivity index (χ4v) is 3.32. The Labute approximate surface area is 142 Å². The molecule has 0 fully saturated rings. The highest BCUT2D eigenvalue weighted by Gasteiger charge is 2.20. The van der Waals surface area contributed by atoms with Crippen LogP contribution in [0.5, 0.6) is 0 Å². The van der Waals surface area contributed by atoms with E-state index in [0.29, 0.717) is 11.4 Å². The maximum Gasteiger partial charge on any atom is 0.232 e. The van der Waals surface area contributed by atoms with Gasteiger partial charge in [0.25, 0.3) is 0 Å². The number of hydrogen-bond acceptors (Lipinski definition) is 4. The van der Waals surface area contributed by atoms with Crippen molar-refractivity contribution in [3.05, 3.63) is 53.5 Å². The second-order valence-electron chi connectivity index (χ2n) is 5.73. The molecule has 7 heteroatoms. The number of nitrogens with zero attached hydrogens (tertiary/aromatic N) is 1. The molecule has 0 aliphatic heterocycles. The van der Waals surface area contributed by atoms with Gasteiger partial charge in [0, 0.05) is 13.0 Å². The van der Waals surface area contributed by atoms with Crippen LogP contribution in [0.1, 0.15) is 23.3 Å². The molecule has 0 aliphatic carbocycles. The highest BCUT2D eigenvalue weighted by Crippen LogP contribution is 2.24. The van der Waals surface area contributed by atoms with Gasteiger partial charge < -0.3 is 9.73 Å². The van der Waals surface area contributed by atoms with Gasteiger partial charge in [-0.05, 0) is 43.2 Å². The minimum atomic E-state index is -3.48. The molecule has 24 heavy (non-hydrogen) atoms. The Morgan fingerprint density at radius 1 is 1.25 bits per heavy atom. The minimum Gasteiger partial charge on any atom is -0.467 e. The number of rotatable bonds is 7. The number of aryl methyl sites for hydroxylation is 2. The Balaban J connectivity index is 2.04. The minimum absolute atomic E-state index is 0.0706. The molecule has 1 heterocycles. The summed E-state index contributed by atoms with van der Waals surface area (Å²) in [6.45, 7) is 4.13. The van der Waals surface area contributed by atoms with Crippen molar-refractivity contribution in [2.24, 2.45) is 0 Å². The van der Waals surface area contributed by atoms with Gasteiger partial charge in [0.15, 0.2) is 0 Å². The van der Waals surface area contributed by atoms with E-state index in [2.05, 4.69) is 5.32 Å². The zero-order chi connectivity index (χ0) is 17.7. The quantitative estimate of drug-likeness (QED) is 0.831. The Hall–Kier alpha value is -2.28. The van der Waals surface area contributed by atoms with E-state index in [1.165, 1.54) is 10.6 Å². The second kappa shape index (κ2) is 7.53. The van der Waals surface area contributed by atoms with Gasteiger partial charge in [-0.15, -0.1) is 0 Å². The summed E-state index contributed by atoms with van der Waals surface area (Å²) in [5, 5.41) is 2.72. The molecule has 0 unspecified atom stereocenters. The van der Waals surface area contributed by atoms with Gasteiger partial charge in [0.2, 0.25) is 15.9 Å². The van der Waals surface area contributed by atoms with E-state index in [1.54, 1.807) is 12.1 Å². The molecule has 0 saturated heterocycles. The molecule has 0 radical (unpaired) electrons. The fourth-order valence-electron chi connectivity index (χ4n) is 2.34. The van der Waals surface area contributed by atoms with E-state index in [-0.39, 0.29) is 25.4 Å². The number of benzene rings is 1. The van der Waals surface area contributed by atoms with Crippen molar-refractivity contribution in [3.63, 3.8) is 0 Å². The first-order chi connectivity index (χ1) is 11.3. The summed E-state index contributed by atoms with van der Waals surface area (Å²) in [6.07, 6.45) is 2.75. The molecule has 1 aromatic heterocycles. The Kier molecular flexibility index (Phi) is 5.66. The maximum atomic E-state index is 12.1. The van der Waals surface area contributed by atoms with Crippen molar-refractivity contribution in [2.75, 3.05) is 17.1 Å². The Bertz CT molecular complexity index is 798. The first-order valence-corrected chi connectivity index (χ1v) is 9.46. The van der Waals surface area contributed by atoms with Crippen LogP contribution in [0.25, 0.3) is 0 Å². The Morgan fingerprint density at radius 3 is 2.62 bits per heavy atom. The van der Waals surface area contributed by atoms with Crippen molar-refractivity contribution in [1.29, 1.82) is 0 Å². The van der Waals surface area contributed by atoms with E-state index in [1.807, 2.05) is 32.0 Å². The van der Waals surface area contributed by atoms with Gasteiger partial charge in [0.05, 0.1) is 24.8 Å². The molecule has 0 spiro atoms. The molecular formula is C17H22N2O4S. The molecule has 0 bridgehead atoms.